The molecular weight excluding hydrogens is 494 g/mol. The van der Waals surface area contributed by atoms with Crippen molar-refractivity contribution in [3.8, 4) is 5.75 Å². The summed E-state index contributed by atoms with van der Waals surface area (Å²) in [5.74, 6) is -2.12. The fourth-order valence-electron chi connectivity index (χ4n) is 4.31. The van der Waals surface area contributed by atoms with Crippen molar-refractivity contribution < 1.29 is 29.0 Å². The molecule has 1 aliphatic heterocycles. The Labute approximate surface area is 219 Å². The molecule has 1 fully saturated rings. The molecule has 190 valence electrons. The van der Waals surface area contributed by atoms with Crippen LogP contribution in [0.15, 0.2) is 72.3 Å². The van der Waals surface area contributed by atoms with Gasteiger partial charge in [0.1, 0.15) is 11.5 Å². The summed E-state index contributed by atoms with van der Waals surface area (Å²) in [5, 5.41) is 11.6. The summed E-state index contributed by atoms with van der Waals surface area (Å²) in [7, 11) is 1.28. The second-order valence-corrected chi connectivity index (χ2v) is 8.78. The lowest BCUT2D eigenvalue weighted by atomic mass is 9.94. The first-order valence-electron chi connectivity index (χ1n) is 11.8. The van der Waals surface area contributed by atoms with Crippen LogP contribution in [0.4, 0.5) is 5.69 Å². The van der Waals surface area contributed by atoms with E-state index >= 15 is 0 Å². The predicted octanol–water partition coefficient (Wildman–Crippen LogP) is 5.71. The third kappa shape index (κ3) is 4.95. The zero-order chi connectivity index (χ0) is 26.7. The summed E-state index contributed by atoms with van der Waals surface area (Å²) in [6.07, 6.45) is 0.815. The number of rotatable bonds is 7. The van der Waals surface area contributed by atoms with Crippen molar-refractivity contribution in [1.82, 2.24) is 0 Å². The molecule has 1 atom stereocenters. The van der Waals surface area contributed by atoms with Crippen LogP contribution in [-0.2, 0) is 20.7 Å². The molecule has 8 heteroatoms. The minimum absolute atomic E-state index is 0.0955. The molecule has 1 heterocycles. The van der Waals surface area contributed by atoms with E-state index in [4.69, 9.17) is 21.1 Å². The van der Waals surface area contributed by atoms with E-state index in [1.54, 1.807) is 24.3 Å². The number of methoxy groups -OCH3 is 1. The molecule has 0 aromatic heterocycles. The summed E-state index contributed by atoms with van der Waals surface area (Å²) in [4.78, 5) is 40.0. The molecule has 1 saturated heterocycles. The highest BCUT2D eigenvalue weighted by molar-refractivity contribution is 6.52. The molecule has 0 spiro atoms. The summed E-state index contributed by atoms with van der Waals surface area (Å²) in [6.45, 7) is 4.25. The zero-order valence-electron chi connectivity index (χ0n) is 20.7. The molecule has 3 aromatic carbocycles. The largest absolute Gasteiger partial charge is 0.507 e. The van der Waals surface area contributed by atoms with Gasteiger partial charge in [-0.3, -0.25) is 14.5 Å². The van der Waals surface area contributed by atoms with Gasteiger partial charge in [-0.05, 0) is 66.9 Å². The van der Waals surface area contributed by atoms with Crippen molar-refractivity contribution in [1.29, 1.82) is 0 Å². The van der Waals surface area contributed by atoms with E-state index in [0.29, 0.717) is 29.2 Å². The molecule has 1 aliphatic rings. The minimum Gasteiger partial charge on any atom is -0.507 e. The van der Waals surface area contributed by atoms with Gasteiger partial charge in [0.2, 0.25) is 0 Å². The van der Waals surface area contributed by atoms with Crippen LogP contribution in [-0.4, -0.2) is 36.5 Å². The molecule has 0 aliphatic carbocycles. The molecule has 0 saturated carbocycles. The number of esters is 1. The number of ether oxygens (including phenoxy) is 2. The first-order valence-corrected chi connectivity index (χ1v) is 12.2. The van der Waals surface area contributed by atoms with Gasteiger partial charge in [-0.1, -0.05) is 42.8 Å². The van der Waals surface area contributed by atoms with Crippen molar-refractivity contribution in [2.75, 3.05) is 18.6 Å². The highest BCUT2D eigenvalue weighted by Gasteiger charge is 2.47. The van der Waals surface area contributed by atoms with Crippen molar-refractivity contribution in [3.63, 3.8) is 0 Å². The van der Waals surface area contributed by atoms with Crippen LogP contribution in [0, 0.1) is 0 Å². The third-order valence-corrected chi connectivity index (χ3v) is 6.55. The van der Waals surface area contributed by atoms with Crippen molar-refractivity contribution in [2.45, 2.75) is 26.3 Å². The Morgan fingerprint density at radius 3 is 2.27 bits per heavy atom. The van der Waals surface area contributed by atoms with Crippen LogP contribution in [0.5, 0.6) is 5.75 Å². The number of nitrogens with zero attached hydrogens (tertiary/aromatic N) is 1. The average Bonchev–Trinajstić information content (AvgIpc) is 3.19. The second kappa shape index (κ2) is 10.9. The normalized spacial score (nSPS) is 16.6. The molecule has 7 nitrogen and oxygen atoms in total. The summed E-state index contributed by atoms with van der Waals surface area (Å²) >= 11 is 6.40. The number of ketones is 1. The van der Waals surface area contributed by atoms with Gasteiger partial charge in [0.15, 0.2) is 0 Å². The first kappa shape index (κ1) is 26.0. The van der Waals surface area contributed by atoms with Crippen LogP contribution in [0.1, 0.15) is 46.9 Å². The number of aliphatic hydroxyl groups is 1. The fourth-order valence-corrected chi connectivity index (χ4v) is 4.52. The number of halogens is 1. The quantitative estimate of drug-likeness (QED) is 0.186. The number of aryl methyl sites for hydroxylation is 1. The number of hydrogen-bond donors (Lipinski definition) is 1. The smallest absolute Gasteiger partial charge is 0.337 e. The maximum absolute atomic E-state index is 13.4. The fraction of sp³-hybridized carbons (Fsp3) is 0.207. The number of amides is 1. The lowest BCUT2D eigenvalue weighted by Gasteiger charge is -2.26. The Bertz CT molecular complexity index is 1380. The minimum atomic E-state index is -0.929. The Morgan fingerprint density at radius 2 is 1.68 bits per heavy atom. The highest BCUT2D eigenvalue weighted by atomic mass is 35.5. The standard InChI is InChI=1S/C29H26ClNO6/c1-4-17-6-8-18(9-7-17)25-24(26(32)22-16-21(37-5-2)14-15-23(22)30)27(33)28(34)31(25)20-12-10-19(11-13-20)29(35)36-3/h6-16,25,32H,4-5H2,1-3H3/b26-24+. The molecular formula is C29H26ClNO6. The molecule has 0 radical (unpaired) electrons. The van der Waals surface area contributed by atoms with E-state index in [1.807, 2.05) is 38.1 Å². The van der Waals surface area contributed by atoms with Gasteiger partial charge in [0, 0.05) is 11.3 Å². The van der Waals surface area contributed by atoms with Gasteiger partial charge < -0.3 is 14.6 Å². The number of carbonyl (C=O) groups is 3. The van der Waals surface area contributed by atoms with Gasteiger partial charge in [-0.15, -0.1) is 0 Å². The van der Waals surface area contributed by atoms with Crippen molar-refractivity contribution in [3.05, 3.63) is 99.6 Å². The van der Waals surface area contributed by atoms with Crippen LogP contribution >= 0.6 is 11.6 Å². The number of carbonyl (C=O) groups excluding carboxylic acids is 3. The molecule has 4 rings (SSSR count). The molecule has 0 bridgehead atoms. The monoisotopic (exact) mass is 519 g/mol. The van der Waals surface area contributed by atoms with Crippen LogP contribution in [0.25, 0.3) is 5.76 Å². The number of benzene rings is 3. The van der Waals surface area contributed by atoms with Crippen LogP contribution in [0.3, 0.4) is 0 Å². The summed E-state index contributed by atoms with van der Waals surface area (Å²) in [5.41, 5.74) is 2.48. The van der Waals surface area contributed by atoms with Gasteiger partial charge in [-0.25, -0.2) is 4.79 Å². The van der Waals surface area contributed by atoms with E-state index in [-0.39, 0.29) is 16.2 Å². The topological polar surface area (TPSA) is 93.1 Å². The number of hydrogen-bond acceptors (Lipinski definition) is 6. The second-order valence-electron chi connectivity index (χ2n) is 8.38. The Hall–Kier alpha value is -4.10. The number of anilines is 1. The van der Waals surface area contributed by atoms with Gasteiger partial charge >= 0.3 is 5.97 Å². The zero-order valence-corrected chi connectivity index (χ0v) is 21.4. The molecule has 1 N–H and O–H groups in total. The highest BCUT2D eigenvalue weighted by Crippen LogP contribution is 2.43. The summed E-state index contributed by atoms with van der Waals surface area (Å²) < 4.78 is 10.3. The molecule has 1 unspecified atom stereocenters. The lowest BCUT2D eigenvalue weighted by molar-refractivity contribution is -0.132. The van der Waals surface area contributed by atoms with E-state index in [2.05, 4.69) is 0 Å². The van der Waals surface area contributed by atoms with Gasteiger partial charge in [-0.2, -0.15) is 0 Å². The maximum atomic E-state index is 13.4. The predicted molar refractivity (Wildman–Crippen MR) is 141 cm³/mol. The first-order chi connectivity index (χ1) is 17.8. The Balaban J connectivity index is 1.91. The number of aliphatic hydroxyl groups excluding tert-OH is 1. The van der Waals surface area contributed by atoms with E-state index < -0.39 is 29.5 Å². The number of Topliss-reactive ketones (excluding diaryl/α,β-unsaturated/α-hetero) is 1. The van der Waals surface area contributed by atoms with Gasteiger partial charge in [0.05, 0.1) is 35.9 Å². The average molecular weight is 520 g/mol. The van der Waals surface area contributed by atoms with E-state index in [0.717, 1.165) is 12.0 Å². The Kier molecular flexibility index (Phi) is 7.64. The molecule has 1 amide bonds. The molecule has 3 aromatic rings. The van der Waals surface area contributed by atoms with Gasteiger partial charge in [0.25, 0.3) is 11.7 Å². The Morgan fingerprint density at radius 1 is 1.00 bits per heavy atom. The van der Waals surface area contributed by atoms with Crippen molar-refractivity contribution >= 4 is 40.7 Å². The third-order valence-electron chi connectivity index (χ3n) is 6.22. The van der Waals surface area contributed by atoms with Crippen LogP contribution in [0.2, 0.25) is 5.02 Å². The molecule has 37 heavy (non-hydrogen) atoms. The van der Waals surface area contributed by atoms with E-state index in [9.17, 15) is 19.5 Å². The lowest BCUT2D eigenvalue weighted by Crippen LogP contribution is -2.29. The SMILES string of the molecule is CCOc1ccc(Cl)c(/C(O)=C2\C(=O)C(=O)N(c3ccc(C(=O)OC)cc3)C2c2ccc(CC)cc2)c1. The van der Waals surface area contributed by atoms with E-state index in [1.165, 1.54) is 30.2 Å². The maximum Gasteiger partial charge on any atom is 0.337 e. The summed E-state index contributed by atoms with van der Waals surface area (Å²) in [6, 6.07) is 17.5. The van der Waals surface area contributed by atoms with Crippen LogP contribution < -0.4 is 9.64 Å². The van der Waals surface area contributed by atoms with Crippen molar-refractivity contribution in [2.24, 2.45) is 0 Å².